The highest BCUT2D eigenvalue weighted by Crippen LogP contribution is 2.11. The fourth-order valence-electron chi connectivity index (χ4n) is 2.20. The number of aliphatic hydroxyl groups is 1. The molecule has 164 valence electrons. The predicted molar refractivity (Wildman–Crippen MR) is 126 cm³/mol. The molecule has 4 nitrogen and oxygen atoms in total. The van der Waals surface area contributed by atoms with E-state index in [4.69, 9.17) is 9.47 Å². The molecule has 4 heteroatoms. The topological polar surface area (TPSA) is 55.8 Å². The lowest BCUT2D eigenvalue weighted by Crippen LogP contribution is -2.23. The monoisotopic (exact) mass is 412 g/mol. The number of rotatable bonds is 5. The average Bonchev–Trinajstić information content (AvgIpc) is 2.81. The summed E-state index contributed by atoms with van der Waals surface area (Å²) in [5, 5.41) is 11.9. The van der Waals surface area contributed by atoms with Crippen LogP contribution in [0, 0.1) is 0 Å². The van der Waals surface area contributed by atoms with Gasteiger partial charge in [-0.25, -0.2) is 4.79 Å². The van der Waals surface area contributed by atoms with E-state index in [1.165, 1.54) is 24.3 Å². The van der Waals surface area contributed by atoms with Crippen molar-refractivity contribution >= 4 is 16.7 Å². The van der Waals surface area contributed by atoms with Crippen LogP contribution in [0.5, 0.6) is 0 Å². The molecule has 0 spiro atoms. The van der Waals surface area contributed by atoms with Crippen molar-refractivity contribution in [1.29, 1.82) is 0 Å². The highest BCUT2D eigenvalue weighted by atomic mass is 16.5. The van der Waals surface area contributed by atoms with Crippen LogP contribution in [0.1, 0.15) is 44.5 Å². The number of esters is 1. The summed E-state index contributed by atoms with van der Waals surface area (Å²) in [4.78, 5) is 11.4. The van der Waals surface area contributed by atoms with Crippen molar-refractivity contribution in [2.45, 2.75) is 40.2 Å². The lowest BCUT2D eigenvalue weighted by atomic mass is 10.1. The molecule has 0 aliphatic heterocycles. The fourth-order valence-corrected chi connectivity index (χ4v) is 2.20. The number of methoxy groups -OCH3 is 1. The van der Waals surface area contributed by atoms with Crippen molar-refractivity contribution in [1.82, 2.24) is 0 Å². The number of ether oxygens (including phenoxy) is 2. The second kappa shape index (κ2) is 18.3. The van der Waals surface area contributed by atoms with E-state index in [9.17, 15) is 9.90 Å². The Morgan fingerprint density at radius 1 is 0.800 bits per heavy atom. The lowest BCUT2D eigenvalue weighted by Gasteiger charge is -2.09. The van der Waals surface area contributed by atoms with Gasteiger partial charge in [-0.1, -0.05) is 101 Å². The molecular formula is C26H36O4. The van der Waals surface area contributed by atoms with E-state index in [-0.39, 0.29) is 13.2 Å². The molecular weight excluding hydrogens is 376 g/mol. The Bertz CT molecular complexity index is 722. The van der Waals surface area contributed by atoms with Crippen molar-refractivity contribution in [2.75, 3.05) is 20.3 Å². The molecule has 0 radical (unpaired) electrons. The van der Waals surface area contributed by atoms with Crippen LogP contribution in [-0.4, -0.2) is 37.5 Å². The van der Waals surface area contributed by atoms with Gasteiger partial charge < -0.3 is 14.6 Å². The van der Waals surface area contributed by atoms with Gasteiger partial charge in [-0.05, 0) is 22.9 Å². The Labute approximate surface area is 181 Å². The number of fused-ring (bicyclic) bond motifs is 1. The van der Waals surface area contributed by atoms with Gasteiger partial charge in [0.2, 0.25) is 0 Å². The van der Waals surface area contributed by atoms with Gasteiger partial charge in [0.25, 0.3) is 0 Å². The van der Waals surface area contributed by atoms with Gasteiger partial charge in [0.15, 0.2) is 0 Å². The Morgan fingerprint density at radius 2 is 1.20 bits per heavy atom. The first-order chi connectivity index (χ1) is 14.6. The minimum atomic E-state index is -0.775. The molecule has 3 aromatic rings. The number of aliphatic hydroxyl groups excluding tert-OH is 1. The molecule has 1 unspecified atom stereocenters. The second-order valence-corrected chi connectivity index (χ2v) is 6.13. The van der Waals surface area contributed by atoms with Gasteiger partial charge in [0.1, 0.15) is 12.7 Å². The smallest absolute Gasteiger partial charge is 0.338 e. The quantitative estimate of drug-likeness (QED) is 0.512. The minimum Gasteiger partial charge on any atom is -0.459 e. The number of carbonyl (C=O) groups excluding carboxylic acids is 1. The number of hydrogen-bond acceptors (Lipinski definition) is 4. The van der Waals surface area contributed by atoms with Gasteiger partial charge in [0.05, 0.1) is 12.2 Å². The van der Waals surface area contributed by atoms with Crippen LogP contribution in [0.25, 0.3) is 10.8 Å². The molecule has 0 aliphatic rings. The second-order valence-electron chi connectivity index (χ2n) is 6.13. The Hall–Kier alpha value is -2.69. The summed E-state index contributed by atoms with van der Waals surface area (Å²) < 4.78 is 9.57. The summed E-state index contributed by atoms with van der Waals surface area (Å²) in [5.74, 6) is -0.439. The normalized spacial score (nSPS) is 10.2. The number of benzene rings is 3. The summed E-state index contributed by atoms with van der Waals surface area (Å²) >= 11 is 0. The first kappa shape index (κ1) is 27.3. The lowest BCUT2D eigenvalue weighted by molar-refractivity contribution is 0.000141. The van der Waals surface area contributed by atoms with Crippen LogP contribution in [-0.2, 0) is 9.47 Å². The Morgan fingerprint density at radius 3 is 1.60 bits per heavy atom. The highest BCUT2D eigenvalue weighted by Gasteiger charge is 2.09. The zero-order chi connectivity index (χ0) is 22.6. The summed E-state index contributed by atoms with van der Waals surface area (Å²) in [5.41, 5.74) is 0.474. The molecule has 30 heavy (non-hydrogen) atoms. The maximum absolute atomic E-state index is 11.4. The Kier molecular flexibility index (Phi) is 16.7. The van der Waals surface area contributed by atoms with E-state index in [1.54, 1.807) is 24.3 Å². The van der Waals surface area contributed by atoms with E-state index in [2.05, 4.69) is 62.4 Å². The SMILES string of the molecule is CC.CCC.COCC(O)COC(=O)c1ccccc1.c1ccc2ccccc2c1. The zero-order valence-electron chi connectivity index (χ0n) is 18.9. The molecule has 0 saturated carbocycles. The van der Waals surface area contributed by atoms with Crippen LogP contribution < -0.4 is 0 Å². The first-order valence-corrected chi connectivity index (χ1v) is 10.4. The maximum atomic E-state index is 11.4. The third-order valence-electron chi connectivity index (χ3n) is 3.43. The van der Waals surface area contributed by atoms with E-state index >= 15 is 0 Å². The molecule has 0 aromatic heterocycles. The molecule has 0 fully saturated rings. The highest BCUT2D eigenvalue weighted by molar-refractivity contribution is 5.89. The van der Waals surface area contributed by atoms with Crippen molar-refractivity contribution in [3.8, 4) is 0 Å². The largest absolute Gasteiger partial charge is 0.459 e. The molecule has 0 bridgehead atoms. The molecule has 3 rings (SSSR count). The van der Waals surface area contributed by atoms with Gasteiger partial charge >= 0.3 is 5.97 Å². The molecule has 0 amide bonds. The minimum absolute atomic E-state index is 0.0540. The maximum Gasteiger partial charge on any atom is 0.338 e. The van der Waals surface area contributed by atoms with Crippen molar-refractivity contribution in [3.63, 3.8) is 0 Å². The van der Waals surface area contributed by atoms with Gasteiger partial charge in [-0.15, -0.1) is 0 Å². The average molecular weight is 413 g/mol. The molecule has 0 aliphatic carbocycles. The predicted octanol–water partition coefficient (Wildman–Crippen LogP) is 6.13. The molecule has 0 saturated heterocycles. The number of hydrogen-bond donors (Lipinski definition) is 1. The van der Waals surface area contributed by atoms with Crippen LogP contribution in [0.2, 0.25) is 0 Å². The molecule has 1 atom stereocenters. The summed E-state index contributed by atoms with van der Waals surface area (Å²) in [6.07, 6.45) is 0.475. The van der Waals surface area contributed by atoms with Gasteiger partial charge in [-0.3, -0.25) is 0 Å². The standard InChI is InChI=1S/C11H14O4.C10H8.C3H8.C2H6/c1-14-7-10(12)8-15-11(13)9-5-3-2-4-6-9;1-2-6-10-8-4-3-7-9(10)5-1;1-3-2;1-2/h2-6,10,12H,7-8H2,1H3;1-8H;3H2,1-2H3;1-2H3. The summed E-state index contributed by atoms with van der Waals surface area (Å²) in [6.45, 7) is 8.35. The summed E-state index contributed by atoms with van der Waals surface area (Å²) in [6, 6.07) is 25.3. The fraction of sp³-hybridized carbons (Fsp3) is 0.346. The van der Waals surface area contributed by atoms with Crippen molar-refractivity contribution < 1.29 is 19.4 Å². The van der Waals surface area contributed by atoms with E-state index < -0.39 is 12.1 Å². The third kappa shape index (κ3) is 12.0. The third-order valence-corrected chi connectivity index (χ3v) is 3.43. The van der Waals surface area contributed by atoms with Crippen LogP contribution >= 0.6 is 0 Å². The van der Waals surface area contributed by atoms with Crippen LogP contribution in [0.15, 0.2) is 78.9 Å². The van der Waals surface area contributed by atoms with E-state index in [0.717, 1.165) is 0 Å². The summed E-state index contributed by atoms with van der Waals surface area (Å²) in [7, 11) is 1.47. The molecule has 3 aromatic carbocycles. The Balaban J connectivity index is 0.000000481. The van der Waals surface area contributed by atoms with E-state index in [1.807, 2.05) is 19.9 Å². The van der Waals surface area contributed by atoms with Crippen LogP contribution in [0.4, 0.5) is 0 Å². The van der Waals surface area contributed by atoms with E-state index in [0.29, 0.717) is 5.56 Å². The van der Waals surface area contributed by atoms with Crippen molar-refractivity contribution in [2.24, 2.45) is 0 Å². The molecule has 1 N–H and O–H groups in total. The molecule has 0 heterocycles. The zero-order valence-corrected chi connectivity index (χ0v) is 18.9. The first-order valence-electron chi connectivity index (χ1n) is 10.4. The van der Waals surface area contributed by atoms with Gasteiger partial charge in [0, 0.05) is 7.11 Å². The van der Waals surface area contributed by atoms with Gasteiger partial charge in [-0.2, -0.15) is 0 Å². The number of carbonyl (C=O) groups is 1. The van der Waals surface area contributed by atoms with Crippen LogP contribution in [0.3, 0.4) is 0 Å². The van der Waals surface area contributed by atoms with Crippen molar-refractivity contribution in [3.05, 3.63) is 84.4 Å².